The Morgan fingerprint density at radius 3 is 2.70 bits per heavy atom. The third-order valence-electron chi connectivity index (χ3n) is 6.60. The zero-order valence-electron chi connectivity index (χ0n) is 17.4. The van der Waals surface area contributed by atoms with Gasteiger partial charge in [0.05, 0.1) is 18.0 Å². The highest BCUT2D eigenvalue weighted by atomic mass is 32.1. The van der Waals surface area contributed by atoms with E-state index >= 15 is 0 Å². The van der Waals surface area contributed by atoms with Gasteiger partial charge in [0, 0.05) is 21.5 Å². The number of aryl methyl sites for hydroxylation is 1. The van der Waals surface area contributed by atoms with Crippen LogP contribution in [0.4, 0.5) is 0 Å². The number of nitrogens with one attached hydrogen (secondary N) is 1. The molecule has 0 spiro atoms. The van der Waals surface area contributed by atoms with Crippen molar-refractivity contribution in [2.45, 2.75) is 57.3 Å². The topological polar surface area (TPSA) is 79.4 Å². The number of ether oxygens (including phenoxy) is 1. The van der Waals surface area contributed by atoms with Crippen LogP contribution >= 0.6 is 11.3 Å². The van der Waals surface area contributed by atoms with E-state index in [0.717, 1.165) is 30.4 Å². The highest BCUT2D eigenvalue weighted by Crippen LogP contribution is 2.52. The van der Waals surface area contributed by atoms with Crippen molar-refractivity contribution in [1.29, 1.82) is 0 Å². The summed E-state index contributed by atoms with van der Waals surface area (Å²) in [6.07, 6.45) is 6.93. The number of thiophene rings is 1. The molecule has 0 amide bonds. The second kappa shape index (κ2) is 6.71. The molecule has 2 N–H and O–H groups in total. The van der Waals surface area contributed by atoms with Crippen molar-refractivity contribution in [2.24, 2.45) is 0 Å². The maximum Gasteiger partial charge on any atom is 0.341 e. The number of carboxylic acids is 1. The third kappa shape index (κ3) is 2.88. The molecule has 156 valence electrons. The van der Waals surface area contributed by atoms with Crippen LogP contribution in [0.2, 0.25) is 0 Å². The van der Waals surface area contributed by atoms with Crippen molar-refractivity contribution in [3.63, 3.8) is 0 Å². The van der Waals surface area contributed by atoms with Crippen LogP contribution < -0.4 is 10.2 Å². The number of aromatic nitrogens is 1. The van der Waals surface area contributed by atoms with Gasteiger partial charge in [0.15, 0.2) is 5.75 Å². The van der Waals surface area contributed by atoms with E-state index < -0.39 is 11.4 Å². The summed E-state index contributed by atoms with van der Waals surface area (Å²) in [5, 5.41) is 9.76. The van der Waals surface area contributed by atoms with Gasteiger partial charge in [0.25, 0.3) is 0 Å². The van der Waals surface area contributed by atoms with Crippen LogP contribution in [0, 0.1) is 0 Å². The number of hydrogen-bond donors (Lipinski definition) is 2. The van der Waals surface area contributed by atoms with Crippen molar-refractivity contribution >= 4 is 28.2 Å². The van der Waals surface area contributed by atoms with Gasteiger partial charge in [-0.1, -0.05) is 13.8 Å². The summed E-state index contributed by atoms with van der Waals surface area (Å²) >= 11 is 1.83. The Balaban J connectivity index is 1.82. The first kappa shape index (κ1) is 19.4. The molecule has 6 heteroatoms. The second-order valence-electron chi connectivity index (χ2n) is 9.09. The van der Waals surface area contributed by atoms with Crippen LogP contribution in [0.3, 0.4) is 0 Å². The van der Waals surface area contributed by atoms with Crippen LogP contribution in [-0.4, -0.2) is 23.2 Å². The minimum atomic E-state index is -1.22. The summed E-state index contributed by atoms with van der Waals surface area (Å²) in [5.41, 5.74) is 3.61. The predicted octanol–water partition coefficient (Wildman–Crippen LogP) is 5.45. The van der Waals surface area contributed by atoms with Gasteiger partial charge in [-0.25, -0.2) is 4.79 Å². The molecule has 0 bridgehead atoms. The number of rotatable bonds is 4. The monoisotopic (exact) mass is 423 g/mol. The molecule has 30 heavy (non-hydrogen) atoms. The molecule has 3 aromatic rings. The van der Waals surface area contributed by atoms with Gasteiger partial charge in [0.2, 0.25) is 5.43 Å². The standard InChI is InChI=1S/C24H25NO4S/c1-24(2)8-4-5-17-16(24)10-18(30-17)19-13(12-6-7-12)9-14-20(22(19)29-3)25-11-15(21(14)26)23(27)28/h9-12H,4-8H2,1-3H3,(H,25,26)(H,27,28). The summed E-state index contributed by atoms with van der Waals surface area (Å²) in [6, 6.07) is 4.22. The molecule has 1 saturated carbocycles. The first-order valence-corrected chi connectivity index (χ1v) is 11.3. The number of fused-ring (bicyclic) bond motifs is 2. The zero-order chi connectivity index (χ0) is 21.2. The highest BCUT2D eigenvalue weighted by Gasteiger charge is 2.34. The first-order chi connectivity index (χ1) is 14.3. The number of hydrogen-bond acceptors (Lipinski definition) is 4. The molecule has 0 atom stereocenters. The molecular formula is C24H25NO4S. The Morgan fingerprint density at radius 1 is 1.30 bits per heavy atom. The first-order valence-electron chi connectivity index (χ1n) is 10.4. The van der Waals surface area contributed by atoms with Crippen molar-refractivity contribution in [3.8, 4) is 16.2 Å². The van der Waals surface area contributed by atoms with Crippen molar-refractivity contribution in [2.75, 3.05) is 7.11 Å². The largest absolute Gasteiger partial charge is 0.494 e. The minimum absolute atomic E-state index is 0.164. The van der Waals surface area contributed by atoms with Gasteiger partial charge >= 0.3 is 5.97 Å². The van der Waals surface area contributed by atoms with Crippen molar-refractivity contribution < 1.29 is 14.6 Å². The Morgan fingerprint density at radius 2 is 2.07 bits per heavy atom. The van der Waals surface area contributed by atoms with Crippen LogP contribution in [-0.2, 0) is 11.8 Å². The number of aromatic carboxylic acids is 1. The lowest BCUT2D eigenvalue weighted by Gasteiger charge is -2.29. The lowest BCUT2D eigenvalue weighted by atomic mass is 9.76. The second-order valence-corrected chi connectivity index (χ2v) is 10.2. The fourth-order valence-corrected chi connectivity index (χ4v) is 6.27. The average molecular weight is 424 g/mol. The van der Waals surface area contributed by atoms with E-state index in [1.165, 1.54) is 34.4 Å². The molecule has 2 aromatic heterocycles. The Bertz CT molecular complexity index is 1250. The lowest BCUT2D eigenvalue weighted by molar-refractivity contribution is 0.0695. The van der Waals surface area contributed by atoms with E-state index in [0.29, 0.717) is 22.6 Å². The van der Waals surface area contributed by atoms with E-state index in [9.17, 15) is 14.7 Å². The van der Waals surface area contributed by atoms with Crippen LogP contribution in [0.5, 0.6) is 5.75 Å². The van der Waals surface area contributed by atoms with Gasteiger partial charge < -0.3 is 14.8 Å². The van der Waals surface area contributed by atoms with E-state index in [1.807, 2.05) is 17.4 Å². The highest BCUT2D eigenvalue weighted by molar-refractivity contribution is 7.15. The summed E-state index contributed by atoms with van der Waals surface area (Å²) < 4.78 is 5.86. The Kier molecular flexibility index (Phi) is 4.33. The molecule has 1 fully saturated rings. The van der Waals surface area contributed by atoms with E-state index in [-0.39, 0.29) is 11.0 Å². The molecule has 5 rings (SSSR count). The van der Waals surface area contributed by atoms with Crippen LogP contribution in [0.1, 0.15) is 71.8 Å². The quantitative estimate of drug-likeness (QED) is 0.584. The molecular weight excluding hydrogens is 398 g/mol. The third-order valence-corrected chi connectivity index (χ3v) is 7.82. The van der Waals surface area contributed by atoms with Gasteiger partial charge in [-0.2, -0.15) is 0 Å². The molecule has 1 aromatic carbocycles. The number of carbonyl (C=O) groups is 1. The smallest absolute Gasteiger partial charge is 0.341 e. The SMILES string of the molecule is COc1c(-c2cc3c(s2)CCCC3(C)C)c(C2CC2)cc2c(=O)c(C(=O)O)c[nH]c12. The molecule has 2 aliphatic carbocycles. The van der Waals surface area contributed by atoms with Crippen LogP contribution in [0.15, 0.2) is 23.1 Å². The summed E-state index contributed by atoms with van der Waals surface area (Å²) in [5.74, 6) is -0.194. The normalized spacial score (nSPS) is 17.7. The number of pyridine rings is 1. The number of benzene rings is 1. The predicted molar refractivity (Wildman–Crippen MR) is 119 cm³/mol. The molecule has 0 unspecified atom stereocenters. The summed E-state index contributed by atoms with van der Waals surface area (Å²) in [4.78, 5) is 30.0. The fourth-order valence-electron chi connectivity index (χ4n) is 4.83. The Labute approximate surface area is 178 Å². The van der Waals surface area contributed by atoms with Crippen LogP contribution in [0.25, 0.3) is 21.3 Å². The Hall–Kier alpha value is -2.60. The summed E-state index contributed by atoms with van der Waals surface area (Å²) in [7, 11) is 1.62. The van der Waals surface area contributed by atoms with E-state index in [1.54, 1.807) is 7.11 Å². The molecule has 0 saturated heterocycles. The maximum absolute atomic E-state index is 12.9. The minimum Gasteiger partial charge on any atom is -0.494 e. The zero-order valence-corrected chi connectivity index (χ0v) is 18.2. The lowest BCUT2D eigenvalue weighted by Crippen LogP contribution is -2.21. The molecule has 5 nitrogen and oxygen atoms in total. The number of methoxy groups -OCH3 is 1. The molecule has 2 aliphatic rings. The van der Waals surface area contributed by atoms with E-state index in [2.05, 4.69) is 24.9 Å². The van der Waals surface area contributed by atoms with Crippen molar-refractivity contribution in [3.05, 3.63) is 50.1 Å². The van der Waals surface area contributed by atoms with E-state index in [4.69, 9.17) is 4.74 Å². The fraction of sp³-hybridized carbons (Fsp3) is 0.417. The van der Waals surface area contributed by atoms with Gasteiger partial charge in [-0.3, -0.25) is 4.79 Å². The number of H-pyrrole nitrogens is 1. The summed E-state index contributed by atoms with van der Waals surface area (Å²) in [6.45, 7) is 4.62. The number of aromatic amines is 1. The van der Waals surface area contributed by atoms with Gasteiger partial charge in [0.1, 0.15) is 5.56 Å². The molecule has 0 aliphatic heterocycles. The molecule has 2 heterocycles. The maximum atomic E-state index is 12.9. The van der Waals surface area contributed by atoms with Gasteiger partial charge in [-0.15, -0.1) is 11.3 Å². The van der Waals surface area contributed by atoms with Gasteiger partial charge in [-0.05, 0) is 66.7 Å². The average Bonchev–Trinajstić information content (AvgIpc) is 3.45. The molecule has 0 radical (unpaired) electrons. The number of carboxylic acid groups (broad SMARTS) is 1. The van der Waals surface area contributed by atoms with Crippen molar-refractivity contribution in [1.82, 2.24) is 4.98 Å².